The van der Waals surface area contributed by atoms with Crippen LogP contribution in [0.1, 0.15) is 5.56 Å². The summed E-state index contributed by atoms with van der Waals surface area (Å²) in [6.07, 6.45) is 6.34. The van der Waals surface area contributed by atoms with E-state index < -0.39 is 16.1 Å². The molecule has 4 rings (SSSR count). The molecule has 1 aromatic carbocycles. The lowest BCUT2D eigenvalue weighted by molar-refractivity contribution is -0.164. The minimum atomic E-state index is -3.43. The molecular weight excluding hydrogens is 396 g/mol. The number of nitrogens with one attached hydrogen (secondary N) is 1. The molecule has 3 atom stereocenters. The van der Waals surface area contributed by atoms with Crippen molar-refractivity contribution >= 4 is 21.6 Å². The van der Waals surface area contributed by atoms with Crippen LogP contribution in [0, 0.1) is 0 Å². The van der Waals surface area contributed by atoms with E-state index in [4.69, 9.17) is 14.2 Å². The third-order valence-electron chi connectivity index (χ3n) is 5.00. The summed E-state index contributed by atoms with van der Waals surface area (Å²) in [5.41, 5.74) is 1.13. The van der Waals surface area contributed by atoms with Crippen molar-refractivity contribution in [2.24, 2.45) is 0 Å². The van der Waals surface area contributed by atoms with Crippen LogP contribution in [0.3, 0.4) is 0 Å². The highest BCUT2D eigenvalue weighted by Crippen LogP contribution is 2.22. The quantitative estimate of drug-likeness (QED) is 0.766. The zero-order valence-electron chi connectivity index (χ0n) is 15.9. The summed E-state index contributed by atoms with van der Waals surface area (Å²) in [7, 11) is -3.43. The maximum absolute atomic E-state index is 12.6. The number of benzene rings is 1. The first kappa shape index (κ1) is 20.2. The van der Waals surface area contributed by atoms with Gasteiger partial charge in [-0.1, -0.05) is 36.4 Å². The monoisotopic (exact) mass is 420 g/mol. The summed E-state index contributed by atoms with van der Waals surface area (Å²) in [5.74, 6) is -0.444. The fourth-order valence-electron chi connectivity index (χ4n) is 3.49. The Kier molecular flexibility index (Phi) is 6.12. The maximum atomic E-state index is 12.6. The van der Waals surface area contributed by atoms with E-state index >= 15 is 0 Å². The minimum absolute atomic E-state index is 0.124. The number of rotatable bonds is 5. The lowest BCUT2D eigenvalue weighted by Crippen LogP contribution is -2.47. The van der Waals surface area contributed by atoms with Gasteiger partial charge in [0.2, 0.25) is 10.0 Å². The highest BCUT2D eigenvalue weighted by atomic mass is 32.2. The first-order valence-corrected chi connectivity index (χ1v) is 11.2. The van der Waals surface area contributed by atoms with Crippen molar-refractivity contribution in [3.05, 3.63) is 54.1 Å². The molecule has 1 aliphatic carbocycles. The van der Waals surface area contributed by atoms with Gasteiger partial charge >= 0.3 is 0 Å². The summed E-state index contributed by atoms with van der Waals surface area (Å²) in [5, 5.41) is 2.80. The molecule has 8 nitrogen and oxygen atoms in total. The summed E-state index contributed by atoms with van der Waals surface area (Å²) in [4.78, 5) is 12.6. The SMILES string of the molecule is O=C(Nc1cccc(CS(=O)(=O)N2CCOCC2)c1)[C@@H]1CO[C@@H]2C=CC=C[C@H]2O1. The van der Waals surface area contributed by atoms with Crippen LogP contribution in [0.5, 0.6) is 0 Å². The van der Waals surface area contributed by atoms with Crippen LogP contribution in [0.15, 0.2) is 48.6 Å². The molecule has 1 aromatic rings. The number of carbonyl (C=O) groups is 1. The van der Waals surface area contributed by atoms with Crippen LogP contribution in [0.25, 0.3) is 0 Å². The molecular formula is C20H24N2O6S. The van der Waals surface area contributed by atoms with Crippen molar-refractivity contribution in [3.63, 3.8) is 0 Å². The molecule has 0 aromatic heterocycles. The van der Waals surface area contributed by atoms with Crippen molar-refractivity contribution in [3.8, 4) is 0 Å². The molecule has 156 valence electrons. The van der Waals surface area contributed by atoms with Crippen molar-refractivity contribution < 1.29 is 27.4 Å². The Hall–Kier alpha value is -2.04. The van der Waals surface area contributed by atoms with Crippen molar-refractivity contribution in [2.45, 2.75) is 24.1 Å². The number of hydrogen-bond donors (Lipinski definition) is 1. The Labute approximate surface area is 170 Å². The number of anilines is 1. The second-order valence-corrected chi connectivity index (χ2v) is 9.08. The molecule has 2 aliphatic heterocycles. The lowest BCUT2D eigenvalue weighted by atomic mass is 10.1. The van der Waals surface area contributed by atoms with Gasteiger partial charge < -0.3 is 19.5 Å². The average Bonchev–Trinajstić information content (AvgIpc) is 2.74. The number of fused-ring (bicyclic) bond motifs is 1. The average molecular weight is 420 g/mol. The highest BCUT2D eigenvalue weighted by Gasteiger charge is 2.33. The van der Waals surface area contributed by atoms with Gasteiger partial charge in [-0.25, -0.2) is 8.42 Å². The molecule has 2 heterocycles. The van der Waals surface area contributed by atoms with Crippen LogP contribution in [0.2, 0.25) is 0 Å². The molecule has 9 heteroatoms. The molecule has 2 saturated heterocycles. The number of ether oxygens (including phenoxy) is 3. The van der Waals surface area contributed by atoms with E-state index in [9.17, 15) is 13.2 Å². The van der Waals surface area contributed by atoms with Crippen LogP contribution >= 0.6 is 0 Å². The number of morpholine rings is 1. The Bertz CT molecular complexity index is 907. The molecule has 0 spiro atoms. The van der Waals surface area contributed by atoms with Gasteiger partial charge in [-0.05, 0) is 17.7 Å². The fourth-order valence-corrected chi connectivity index (χ4v) is 4.98. The van der Waals surface area contributed by atoms with Gasteiger partial charge in [0.05, 0.1) is 25.6 Å². The van der Waals surface area contributed by atoms with Crippen molar-refractivity contribution in [2.75, 3.05) is 38.2 Å². The van der Waals surface area contributed by atoms with Crippen molar-refractivity contribution in [1.29, 1.82) is 0 Å². The predicted molar refractivity (Wildman–Crippen MR) is 107 cm³/mol. The van der Waals surface area contributed by atoms with Gasteiger partial charge in [0.1, 0.15) is 12.2 Å². The molecule has 29 heavy (non-hydrogen) atoms. The Morgan fingerprint density at radius 2 is 1.90 bits per heavy atom. The van der Waals surface area contributed by atoms with Crippen LogP contribution in [-0.2, 0) is 34.8 Å². The molecule has 0 bridgehead atoms. The molecule has 0 radical (unpaired) electrons. The van der Waals surface area contributed by atoms with Gasteiger partial charge in [0.25, 0.3) is 5.91 Å². The first-order valence-electron chi connectivity index (χ1n) is 9.59. The van der Waals surface area contributed by atoms with E-state index in [0.717, 1.165) is 0 Å². The Balaban J connectivity index is 1.38. The van der Waals surface area contributed by atoms with Gasteiger partial charge in [-0.2, -0.15) is 4.31 Å². The normalized spacial score (nSPS) is 27.4. The number of hydrogen-bond acceptors (Lipinski definition) is 6. The number of nitrogens with zero attached hydrogens (tertiary/aromatic N) is 1. The van der Waals surface area contributed by atoms with E-state index in [1.54, 1.807) is 24.3 Å². The number of sulfonamides is 1. The molecule has 1 N–H and O–H groups in total. The first-order chi connectivity index (χ1) is 14.0. The zero-order chi connectivity index (χ0) is 20.3. The Morgan fingerprint density at radius 1 is 1.14 bits per heavy atom. The molecule has 0 unspecified atom stereocenters. The van der Waals surface area contributed by atoms with Gasteiger partial charge in [0, 0.05) is 18.8 Å². The summed E-state index contributed by atoms with van der Waals surface area (Å²) >= 11 is 0. The van der Waals surface area contributed by atoms with Crippen LogP contribution in [-0.4, -0.2) is 69.9 Å². The van der Waals surface area contributed by atoms with Gasteiger partial charge in [-0.3, -0.25) is 4.79 Å². The van der Waals surface area contributed by atoms with E-state index in [1.807, 2.05) is 24.3 Å². The van der Waals surface area contributed by atoms with Crippen LogP contribution in [0.4, 0.5) is 5.69 Å². The van der Waals surface area contributed by atoms with Crippen LogP contribution < -0.4 is 5.32 Å². The number of carbonyl (C=O) groups excluding carboxylic acids is 1. The van der Waals surface area contributed by atoms with E-state index in [0.29, 0.717) is 37.6 Å². The van der Waals surface area contributed by atoms with Gasteiger partial charge in [-0.15, -0.1) is 0 Å². The summed E-state index contributed by atoms with van der Waals surface area (Å²) < 4.78 is 43.4. The summed E-state index contributed by atoms with van der Waals surface area (Å²) in [6.45, 7) is 1.71. The molecule has 3 aliphatic rings. The van der Waals surface area contributed by atoms with Crippen molar-refractivity contribution in [1.82, 2.24) is 4.31 Å². The second-order valence-electron chi connectivity index (χ2n) is 7.11. The topological polar surface area (TPSA) is 94.2 Å². The molecule has 2 fully saturated rings. The fraction of sp³-hybridized carbons (Fsp3) is 0.450. The van der Waals surface area contributed by atoms with E-state index in [1.165, 1.54) is 4.31 Å². The van der Waals surface area contributed by atoms with E-state index in [-0.39, 0.29) is 30.5 Å². The standard InChI is InChI=1S/C20H24N2O6S/c23-20(19-13-27-17-6-1-2-7-18(17)28-19)21-16-5-3-4-15(12-16)14-29(24,25)22-8-10-26-11-9-22/h1-7,12,17-19H,8-11,13-14H2,(H,21,23)/t17-,18-,19+/m1/s1. The number of allylic oxidation sites excluding steroid dienone is 2. The Morgan fingerprint density at radius 3 is 2.69 bits per heavy atom. The highest BCUT2D eigenvalue weighted by molar-refractivity contribution is 7.88. The second kappa shape index (κ2) is 8.76. The zero-order valence-corrected chi connectivity index (χ0v) is 16.7. The maximum Gasteiger partial charge on any atom is 0.255 e. The minimum Gasteiger partial charge on any atom is -0.379 e. The smallest absolute Gasteiger partial charge is 0.255 e. The third kappa shape index (κ3) is 4.93. The predicted octanol–water partition coefficient (Wildman–Crippen LogP) is 1.07. The van der Waals surface area contributed by atoms with E-state index in [2.05, 4.69) is 5.32 Å². The van der Waals surface area contributed by atoms with Gasteiger partial charge in [0.15, 0.2) is 6.10 Å². The number of amides is 1. The lowest BCUT2D eigenvalue weighted by Gasteiger charge is -2.34. The summed E-state index contributed by atoms with van der Waals surface area (Å²) in [6, 6.07) is 6.85. The molecule has 1 amide bonds. The third-order valence-corrected chi connectivity index (χ3v) is 6.85. The largest absolute Gasteiger partial charge is 0.379 e. The molecule has 0 saturated carbocycles.